The highest BCUT2D eigenvalue weighted by molar-refractivity contribution is 7.89. The van der Waals surface area contributed by atoms with Crippen LogP contribution in [0, 0.1) is 0 Å². The lowest BCUT2D eigenvalue weighted by molar-refractivity contribution is -0.116. The first-order valence-corrected chi connectivity index (χ1v) is 10.7. The molecule has 2 aliphatic heterocycles. The van der Waals surface area contributed by atoms with Gasteiger partial charge in [-0.2, -0.15) is 0 Å². The van der Waals surface area contributed by atoms with Crippen molar-refractivity contribution in [2.75, 3.05) is 24.7 Å². The van der Waals surface area contributed by atoms with Gasteiger partial charge in [-0.3, -0.25) is 4.79 Å². The van der Waals surface area contributed by atoms with Crippen LogP contribution in [0.25, 0.3) is 0 Å². The maximum Gasteiger partial charge on any atom is 0.241 e. The molecule has 1 N–H and O–H groups in total. The summed E-state index contributed by atoms with van der Waals surface area (Å²) >= 11 is 0. The van der Waals surface area contributed by atoms with Gasteiger partial charge in [-0.05, 0) is 54.8 Å². The third kappa shape index (κ3) is 3.45. The van der Waals surface area contributed by atoms with Crippen molar-refractivity contribution in [1.29, 1.82) is 0 Å². The molecule has 0 radical (unpaired) electrons. The summed E-state index contributed by atoms with van der Waals surface area (Å²) in [4.78, 5) is 13.5. The van der Waals surface area contributed by atoms with E-state index in [-0.39, 0.29) is 10.8 Å². The summed E-state index contributed by atoms with van der Waals surface area (Å²) in [7, 11) is -3.71. The standard InChI is InChI=1S/C20H22N2O5S/c1-13(15-3-6-19-20(12-15)27-10-9-26-19)21-28(24,25)17-4-5-18-16(11-17)7-8-22(18)14(2)23/h3-6,11-13,21H,7-10H2,1-2H3/t13-/m0/s1. The molecule has 4 rings (SSSR count). The summed E-state index contributed by atoms with van der Waals surface area (Å²) in [5, 5.41) is 0. The molecule has 0 saturated heterocycles. The first-order valence-electron chi connectivity index (χ1n) is 9.18. The van der Waals surface area contributed by atoms with E-state index in [2.05, 4.69) is 4.72 Å². The summed E-state index contributed by atoms with van der Waals surface area (Å²) in [5.74, 6) is 1.25. The molecule has 7 nitrogen and oxygen atoms in total. The number of rotatable bonds is 4. The highest BCUT2D eigenvalue weighted by Gasteiger charge is 2.26. The molecule has 1 amide bonds. The maximum absolute atomic E-state index is 12.9. The zero-order valence-corrected chi connectivity index (χ0v) is 16.6. The summed E-state index contributed by atoms with van der Waals surface area (Å²) in [5.41, 5.74) is 2.44. The van der Waals surface area contributed by atoms with Crippen molar-refractivity contribution in [3.05, 3.63) is 47.5 Å². The predicted molar refractivity (Wildman–Crippen MR) is 104 cm³/mol. The zero-order chi connectivity index (χ0) is 19.9. The fourth-order valence-electron chi connectivity index (χ4n) is 3.57. The van der Waals surface area contributed by atoms with Crippen molar-refractivity contribution in [1.82, 2.24) is 4.72 Å². The minimum absolute atomic E-state index is 0.0419. The van der Waals surface area contributed by atoms with Crippen LogP contribution in [0.5, 0.6) is 11.5 Å². The second-order valence-electron chi connectivity index (χ2n) is 6.96. The zero-order valence-electron chi connectivity index (χ0n) is 15.8. The van der Waals surface area contributed by atoms with Crippen molar-refractivity contribution in [3.8, 4) is 11.5 Å². The second-order valence-corrected chi connectivity index (χ2v) is 8.67. The Morgan fingerprint density at radius 2 is 1.86 bits per heavy atom. The third-order valence-electron chi connectivity index (χ3n) is 5.04. The van der Waals surface area contributed by atoms with Gasteiger partial charge < -0.3 is 14.4 Å². The number of nitrogens with one attached hydrogen (secondary N) is 1. The van der Waals surface area contributed by atoms with E-state index in [0.29, 0.717) is 37.7 Å². The molecule has 2 aromatic carbocycles. The molecule has 28 heavy (non-hydrogen) atoms. The quantitative estimate of drug-likeness (QED) is 0.849. The van der Waals surface area contributed by atoms with Gasteiger partial charge in [0.15, 0.2) is 11.5 Å². The average molecular weight is 402 g/mol. The average Bonchev–Trinajstić information content (AvgIpc) is 3.11. The van der Waals surface area contributed by atoms with Gasteiger partial charge in [0.2, 0.25) is 15.9 Å². The van der Waals surface area contributed by atoms with E-state index in [1.165, 1.54) is 6.92 Å². The highest BCUT2D eigenvalue weighted by Crippen LogP contribution is 2.34. The fraction of sp³-hybridized carbons (Fsp3) is 0.350. The van der Waals surface area contributed by atoms with Gasteiger partial charge in [-0.15, -0.1) is 0 Å². The van der Waals surface area contributed by atoms with Crippen LogP contribution in [-0.4, -0.2) is 34.1 Å². The smallest absolute Gasteiger partial charge is 0.241 e. The Labute approximate surface area is 164 Å². The van der Waals surface area contributed by atoms with Gasteiger partial charge in [0.25, 0.3) is 0 Å². The van der Waals surface area contributed by atoms with Gasteiger partial charge in [0.1, 0.15) is 13.2 Å². The fourth-order valence-corrected chi connectivity index (χ4v) is 4.85. The van der Waals surface area contributed by atoms with Crippen LogP contribution in [0.2, 0.25) is 0 Å². The number of fused-ring (bicyclic) bond motifs is 2. The van der Waals surface area contributed by atoms with Gasteiger partial charge in [0, 0.05) is 25.2 Å². The molecule has 0 spiro atoms. The van der Waals surface area contributed by atoms with Gasteiger partial charge in [-0.1, -0.05) is 6.07 Å². The Balaban J connectivity index is 1.55. The maximum atomic E-state index is 12.9. The Bertz CT molecular complexity index is 1030. The second kappa shape index (κ2) is 7.10. The first-order chi connectivity index (χ1) is 13.3. The number of carbonyl (C=O) groups excluding carboxylic acids is 1. The first kappa shape index (κ1) is 18.8. The van der Waals surface area contributed by atoms with Crippen molar-refractivity contribution < 1.29 is 22.7 Å². The van der Waals surface area contributed by atoms with Crippen LogP contribution < -0.4 is 19.1 Å². The number of sulfonamides is 1. The summed E-state index contributed by atoms with van der Waals surface area (Å²) in [6.45, 7) is 4.86. The Morgan fingerprint density at radius 1 is 1.11 bits per heavy atom. The highest BCUT2D eigenvalue weighted by atomic mass is 32.2. The number of anilines is 1. The number of carbonyl (C=O) groups is 1. The van der Waals surface area contributed by atoms with Gasteiger partial charge in [-0.25, -0.2) is 13.1 Å². The molecule has 2 heterocycles. The molecular weight excluding hydrogens is 380 g/mol. The van der Waals surface area contributed by atoms with E-state index < -0.39 is 16.1 Å². The molecule has 148 valence electrons. The third-order valence-corrected chi connectivity index (χ3v) is 6.57. The SMILES string of the molecule is CC(=O)N1CCc2cc(S(=O)(=O)N[C@@H](C)c3ccc4c(c3)OCCO4)ccc21. The molecule has 0 aliphatic carbocycles. The van der Waals surface area contributed by atoms with Gasteiger partial charge in [0.05, 0.1) is 4.90 Å². The van der Waals surface area contributed by atoms with E-state index in [9.17, 15) is 13.2 Å². The topological polar surface area (TPSA) is 84.9 Å². The van der Waals surface area contributed by atoms with E-state index in [0.717, 1.165) is 16.8 Å². The summed E-state index contributed by atoms with van der Waals surface area (Å²) < 4.78 is 39.5. The van der Waals surface area contributed by atoms with Crippen LogP contribution >= 0.6 is 0 Å². The predicted octanol–water partition coefficient (Wildman–Crippen LogP) is 2.41. The number of nitrogens with zero attached hydrogens (tertiary/aromatic N) is 1. The number of ether oxygens (including phenoxy) is 2. The van der Waals surface area contributed by atoms with Crippen molar-refractivity contribution in [2.45, 2.75) is 31.2 Å². The van der Waals surface area contributed by atoms with Crippen LogP contribution in [0.4, 0.5) is 5.69 Å². The van der Waals surface area contributed by atoms with Gasteiger partial charge >= 0.3 is 0 Å². The Morgan fingerprint density at radius 3 is 2.61 bits per heavy atom. The molecule has 0 fully saturated rings. The van der Waals surface area contributed by atoms with E-state index in [1.54, 1.807) is 42.2 Å². The van der Waals surface area contributed by atoms with Crippen molar-refractivity contribution >= 4 is 21.6 Å². The monoisotopic (exact) mass is 402 g/mol. The lowest BCUT2D eigenvalue weighted by Crippen LogP contribution is -2.27. The van der Waals surface area contributed by atoms with Crippen LogP contribution in [0.1, 0.15) is 31.0 Å². The van der Waals surface area contributed by atoms with Crippen LogP contribution in [0.3, 0.4) is 0 Å². The lowest BCUT2D eigenvalue weighted by Gasteiger charge is -2.21. The molecule has 0 bridgehead atoms. The van der Waals surface area contributed by atoms with Crippen molar-refractivity contribution in [3.63, 3.8) is 0 Å². The van der Waals surface area contributed by atoms with Crippen LogP contribution in [-0.2, 0) is 21.2 Å². The van der Waals surface area contributed by atoms with Crippen molar-refractivity contribution in [2.24, 2.45) is 0 Å². The summed E-state index contributed by atoms with van der Waals surface area (Å²) in [6.07, 6.45) is 0.649. The molecule has 0 unspecified atom stereocenters. The molecule has 2 aromatic rings. The molecular formula is C20H22N2O5S. The normalized spacial score (nSPS) is 16.6. The van der Waals surface area contributed by atoms with E-state index in [4.69, 9.17) is 9.47 Å². The number of amides is 1. The molecule has 0 aromatic heterocycles. The molecule has 2 aliphatic rings. The molecule has 8 heteroatoms. The number of hydrogen-bond donors (Lipinski definition) is 1. The Kier molecular flexibility index (Phi) is 4.76. The summed E-state index contributed by atoms with van der Waals surface area (Å²) in [6, 6.07) is 9.87. The lowest BCUT2D eigenvalue weighted by atomic mass is 10.1. The minimum atomic E-state index is -3.71. The molecule has 1 atom stereocenters. The number of hydrogen-bond acceptors (Lipinski definition) is 5. The van der Waals surface area contributed by atoms with Crippen LogP contribution in [0.15, 0.2) is 41.3 Å². The van der Waals surface area contributed by atoms with E-state index in [1.807, 2.05) is 6.07 Å². The van der Waals surface area contributed by atoms with E-state index >= 15 is 0 Å². The molecule has 0 saturated carbocycles. The largest absolute Gasteiger partial charge is 0.486 e. The minimum Gasteiger partial charge on any atom is -0.486 e. The Hall–Kier alpha value is -2.58. The number of benzene rings is 2.